The average Bonchev–Trinajstić information content (AvgIpc) is 2.53. The Hall–Kier alpha value is -1.72. The standard InChI is InChI=1S/C19H26O4S/c1-15(6-5-7-17(3)14-22-18(4)20)12-13-23-24(21)19-10-8-16(2)9-11-19/h7-12H,5-6,13-14H2,1-4H3/b15-12-,17-7+/t24-/m0/s1. The summed E-state index contributed by atoms with van der Waals surface area (Å²) in [6, 6.07) is 7.47. The zero-order valence-electron chi connectivity index (χ0n) is 14.8. The van der Waals surface area contributed by atoms with Crippen LogP contribution in [-0.4, -0.2) is 23.4 Å². The Labute approximate surface area is 147 Å². The summed E-state index contributed by atoms with van der Waals surface area (Å²) >= 11 is -1.43. The summed E-state index contributed by atoms with van der Waals surface area (Å²) in [5.41, 5.74) is 3.34. The average molecular weight is 350 g/mol. The first-order chi connectivity index (χ1) is 11.4. The molecule has 0 unspecified atom stereocenters. The maximum atomic E-state index is 12.0. The molecule has 0 aliphatic rings. The van der Waals surface area contributed by atoms with Crippen LogP contribution in [-0.2, 0) is 24.8 Å². The number of benzene rings is 1. The van der Waals surface area contributed by atoms with E-state index in [1.165, 1.54) is 12.5 Å². The molecule has 4 nitrogen and oxygen atoms in total. The summed E-state index contributed by atoms with van der Waals surface area (Å²) in [5, 5.41) is 0. The Morgan fingerprint density at radius 1 is 1.08 bits per heavy atom. The molecule has 0 aliphatic carbocycles. The first kappa shape index (κ1) is 20.3. The molecule has 5 heteroatoms. The highest BCUT2D eigenvalue weighted by molar-refractivity contribution is 7.80. The van der Waals surface area contributed by atoms with Crippen molar-refractivity contribution in [3.63, 3.8) is 0 Å². The number of esters is 1. The molecule has 0 N–H and O–H groups in total. The van der Waals surface area contributed by atoms with Crippen LogP contribution in [0, 0.1) is 6.92 Å². The number of carbonyl (C=O) groups is 1. The largest absolute Gasteiger partial charge is 0.461 e. The monoisotopic (exact) mass is 350 g/mol. The van der Waals surface area contributed by atoms with E-state index in [1.54, 1.807) is 0 Å². The van der Waals surface area contributed by atoms with Gasteiger partial charge in [0.05, 0.1) is 11.5 Å². The van der Waals surface area contributed by atoms with E-state index in [-0.39, 0.29) is 5.97 Å². The Morgan fingerprint density at radius 3 is 2.38 bits per heavy atom. The SMILES string of the molecule is CC(=O)OC/C(C)=C/CC/C(C)=C\CO[S@](=O)c1ccc(C)cc1. The van der Waals surface area contributed by atoms with Crippen LogP contribution in [0.4, 0.5) is 0 Å². The highest BCUT2D eigenvalue weighted by Gasteiger charge is 2.03. The van der Waals surface area contributed by atoms with Crippen LogP contribution in [0.25, 0.3) is 0 Å². The van der Waals surface area contributed by atoms with E-state index in [4.69, 9.17) is 8.92 Å². The fourth-order valence-corrected chi connectivity index (χ4v) is 2.56. The van der Waals surface area contributed by atoms with E-state index in [0.29, 0.717) is 18.1 Å². The molecule has 0 heterocycles. The number of hydrogen-bond donors (Lipinski definition) is 0. The second kappa shape index (κ2) is 10.9. The molecule has 1 aromatic carbocycles. The number of aryl methyl sites for hydroxylation is 1. The van der Waals surface area contributed by atoms with Crippen LogP contribution < -0.4 is 0 Å². The molecule has 0 saturated carbocycles. The predicted molar refractivity (Wildman–Crippen MR) is 96.9 cm³/mol. The van der Waals surface area contributed by atoms with E-state index < -0.39 is 11.1 Å². The normalized spacial score (nSPS) is 13.7. The second-order valence-electron chi connectivity index (χ2n) is 5.75. The van der Waals surface area contributed by atoms with E-state index >= 15 is 0 Å². The van der Waals surface area contributed by atoms with Gasteiger partial charge in [-0.15, -0.1) is 0 Å². The highest BCUT2D eigenvalue weighted by atomic mass is 32.2. The highest BCUT2D eigenvalue weighted by Crippen LogP contribution is 2.11. The molecule has 132 valence electrons. The number of ether oxygens (including phenoxy) is 1. The van der Waals surface area contributed by atoms with Gasteiger partial charge in [0.15, 0.2) is 11.1 Å². The molecule has 24 heavy (non-hydrogen) atoms. The van der Waals surface area contributed by atoms with Crippen molar-refractivity contribution in [1.29, 1.82) is 0 Å². The fourth-order valence-electron chi connectivity index (χ4n) is 1.88. The molecular weight excluding hydrogens is 324 g/mol. The van der Waals surface area contributed by atoms with Gasteiger partial charge in [-0.1, -0.05) is 35.4 Å². The fraction of sp³-hybridized carbons (Fsp3) is 0.421. The first-order valence-corrected chi connectivity index (χ1v) is 9.02. The maximum absolute atomic E-state index is 12.0. The van der Waals surface area contributed by atoms with Crippen molar-refractivity contribution in [1.82, 2.24) is 0 Å². The lowest BCUT2D eigenvalue weighted by molar-refractivity contribution is -0.139. The smallest absolute Gasteiger partial charge is 0.302 e. The number of carbonyl (C=O) groups excluding carboxylic acids is 1. The van der Waals surface area contributed by atoms with E-state index in [9.17, 15) is 9.00 Å². The molecule has 1 aromatic rings. The Kier molecular flexibility index (Phi) is 9.27. The lowest BCUT2D eigenvalue weighted by atomic mass is 10.1. The van der Waals surface area contributed by atoms with Gasteiger partial charge in [-0.3, -0.25) is 8.98 Å². The number of rotatable bonds is 9. The third-order valence-electron chi connectivity index (χ3n) is 3.35. The third-order valence-corrected chi connectivity index (χ3v) is 4.36. The van der Waals surface area contributed by atoms with Crippen molar-refractivity contribution in [2.75, 3.05) is 13.2 Å². The number of hydrogen-bond acceptors (Lipinski definition) is 4. The first-order valence-electron chi connectivity index (χ1n) is 7.95. The molecule has 0 spiro atoms. The lowest BCUT2D eigenvalue weighted by Crippen LogP contribution is -2.01. The van der Waals surface area contributed by atoms with E-state index in [2.05, 4.69) is 6.08 Å². The van der Waals surface area contributed by atoms with Gasteiger partial charge >= 0.3 is 5.97 Å². The van der Waals surface area contributed by atoms with Gasteiger partial charge in [0.1, 0.15) is 6.61 Å². The molecule has 0 radical (unpaired) electrons. The molecular formula is C19H26O4S. The van der Waals surface area contributed by atoms with Crippen molar-refractivity contribution in [3.8, 4) is 0 Å². The van der Waals surface area contributed by atoms with Crippen molar-refractivity contribution in [2.24, 2.45) is 0 Å². The van der Waals surface area contributed by atoms with Gasteiger partial charge in [0.2, 0.25) is 0 Å². The van der Waals surface area contributed by atoms with Gasteiger partial charge in [-0.2, -0.15) is 0 Å². The van der Waals surface area contributed by atoms with Crippen LogP contribution in [0.15, 0.2) is 52.5 Å². The summed E-state index contributed by atoms with van der Waals surface area (Å²) in [4.78, 5) is 11.4. The quantitative estimate of drug-likeness (QED) is 0.493. The summed E-state index contributed by atoms with van der Waals surface area (Å²) in [7, 11) is 0. The van der Waals surface area contributed by atoms with Crippen molar-refractivity contribution < 1.29 is 17.9 Å². The Balaban J connectivity index is 2.31. The van der Waals surface area contributed by atoms with Crippen molar-refractivity contribution in [2.45, 2.75) is 45.4 Å². The van der Waals surface area contributed by atoms with Crippen LogP contribution >= 0.6 is 0 Å². The minimum Gasteiger partial charge on any atom is -0.461 e. The maximum Gasteiger partial charge on any atom is 0.302 e. The van der Waals surface area contributed by atoms with Gasteiger partial charge < -0.3 is 4.74 Å². The van der Waals surface area contributed by atoms with Crippen molar-refractivity contribution in [3.05, 3.63) is 53.1 Å². The zero-order chi connectivity index (χ0) is 17.9. The zero-order valence-corrected chi connectivity index (χ0v) is 15.7. The summed E-state index contributed by atoms with van der Waals surface area (Å²) in [5.74, 6) is -0.266. The predicted octanol–water partition coefficient (Wildman–Crippen LogP) is 4.27. The number of allylic oxidation sites excluding steroid dienone is 2. The van der Waals surface area contributed by atoms with Gasteiger partial charge in [0.25, 0.3) is 0 Å². The van der Waals surface area contributed by atoms with Crippen LogP contribution in [0.5, 0.6) is 0 Å². The molecule has 0 bridgehead atoms. The molecule has 0 amide bonds. The summed E-state index contributed by atoms with van der Waals surface area (Å²) in [6.07, 6.45) is 5.77. The van der Waals surface area contributed by atoms with Gasteiger partial charge in [0, 0.05) is 6.92 Å². The minimum atomic E-state index is -1.43. The van der Waals surface area contributed by atoms with Crippen molar-refractivity contribution >= 4 is 17.0 Å². The van der Waals surface area contributed by atoms with Gasteiger partial charge in [-0.25, -0.2) is 4.21 Å². The third kappa shape index (κ3) is 8.79. The van der Waals surface area contributed by atoms with Gasteiger partial charge in [-0.05, 0) is 51.3 Å². The molecule has 1 atom stereocenters. The molecule has 0 aliphatic heterocycles. The Morgan fingerprint density at radius 2 is 1.75 bits per heavy atom. The molecule has 0 fully saturated rings. The minimum absolute atomic E-state index is 0.266. The van der Waals surface area contributed by atoms with E-state index in [1.807, 2.05) is 51.1 Å². The Bertz CT molecular complexity index is 615. The topological polar surface area (TPSA) is 52.6 Å². The molecule has 0 saturated heterocycles. The van der Waals surface area contributed by atoms with Crippen LogP contribution in [0.2, 0.25) is 0 Å². The lowest BCUT2D eigenvalue weighted by Gasteiger charge is -2.04. The molecule has 1 rings (SSSR count). The summed E-state index contributed by atoms with van der Waals surface area (Å²) in [6.45, 7) is 8.02. The second-order valence-corrected chi connectivity index (χ2v) is 6.93. The molecule has 0 aromatic heterocycles. The van der Waals surface area contributed by atoms with E-state index in [0.717, 1.165) is 24.0 Å². The van der Waals surface area contributed by atoms with Crippen LogP contribution in [0.1, 0.15) is 39.2 Å². The van der Waals surface area contributed by atoms with Crippen LogP contribution in [0.3, 0.4) is 0 Å². The summed E-state index contributed by atoms with van der Waals surface area (Å²) < 4.78 is 22.3.